The van der Waals surface area contributed by atoms with Crippen molar-refractivity contribution >= 4 is 38.8 Å². The van der Waals surface area contributed by atoms with E-state index in [9.17, 15) is 14.9 Å². The topological polar surface area (TPSA) is 103 Å². The van der Waals surface area contributed by atoms with E-state index in [1.54, 1.807) is 28.2 Å². The van der Waals surface area contributed by atoms with Crippen LogP contribution in [0.25, 0.3) is 20.8 Å². The van der Waals surface area contributed by atoms with Crippen LogP contribution in [0, 0.1) is 34.8 Å². The fourth-order valence-electron chi connectivity index (χ4n) is 7.29. The van der Waals surface area contributed by atoms with Crippen molar-refractivity contribution < 1.29 is 9.72 Å². The number of fused-ring (bicyclic) bond motifs is 1. The number of aromatic nitrogens is 3. The Hall–Kier alpha value is -3.59. The zero-order valence-corrected chi connectivity index (χ0v) is 21.3. The molecule has 0 aliphatic heterocycles. The van der Waals surface area contributed by atoms with Crippen LogP contribution >= 0.6 is 11.3 Å². The van der Waals surface area contributed by atoms with E-state index in [-0.39, 0.29) is 16.9 Å². The fourth-order valence-corrected chi connectivity index (χ4v) is 8.36. The van der Waals surface area contributed by atoms with E-state index >= 15 is 0 Å². The molecule has 1 amide bonds. The maximum atomic E-state index is 13.2. The van der Waals surface area contributed by atoms with Crippen LogP contribution in [0.15, 0.2) is 48.7 Å². The highest BCUT2D eigenvalue weighted by molar-refractivity contribution is 7.21. The monoisotopic (exact) mass is 513 g/mol. The highest BCUT2D eigenvalue weighted by atomic mass is 32.1. The average molecular weight is 514 g/mol. The van der Waals surface area contributed by atoms with E-state index in [1.165, 1.54) is 31.0 Å². The molecule has 37 heavy (non-hydrogen) atoms. The van der Waals surface area contributed by atoms with Gasteiger partial charge in [0.2, 0.25) is 5.69 Å². The second kappa shape index (κ2) is 8.21. The molecule has 2 aromatic carbocycles. The van der Waals surface area contributed by atoms with Gasteiger partial charge in [0.25, 0.3) is 5.91 Å². The van der Waals surface area contributed by atoms with Gasteiger partial charge in [-0.1, -0.05) is 6.07 Å². The first-order chi connectivity index (χ1) is 17.8. The maximum absolute atomic E-state index is 13.2. The summed E-state index contributed by atoms with van der Waals surface area (Å²) in [6.45, 7) is 2.06. The summed E-state index contributed by atoms with van der Waals surface area (Å²) >= 11 is 1.63. The number of amides is 1. The van der Waals surface area contributed by atoms with Gasteiger partial charge in [-0.3, -0.25) is 19.6 Å². The van der Waals surface area contributed by atoms with E-state index in [1.807, 2.05) is 24.3 Å². The SMILES string of the molecule is Cc1ccc2nc(-c3ccc(NC(=O)c4nn(C56CC7CC(CC(C7)C5)C6)cc4[N+](=O)[O-])cc3)sc2c1. The van der Waals surface area contributed by atoms with Gasteiger partial charge in [-0.05, 0) is 105 Å². The third-order valence-corrected chi connectivity index (χ3v) is 9.60. The predicted molar refractivity (Wildman–Crippen MR) is 143 cm³/mol. The van der Waals surface area contributed by atoms with Crippen LogP contribution in [-0.2, 0) is 5.54 Å². The van der Waals surface area contributed by atoms with E-state index < -0.39 is 10.8 Å². The number of benzene rings is 2. The minimum atomic E-state index is -0.557. The Morgan fingerprint density at radius 1 is 1.08 bits per heavy atom. The highest BCUT2D eigenvalue weighted by Crippen LogP contribution is 2.58. The number of carbonyl (C=O) groups excluding carboxylic acids is 1. The molecule has 8 nitrogen and oxygen atoms in total. The predicted octanol–water partition coefficient (Wildman–Crippen LogP) is 6.55. The summed E-state index contributed by atoms with van der Waals surface area (Å²) in [4.78, 5) is 29.3. The van der Waals surface area contributed by atoms with Crippen LogP contribution in [0.5, 0.6) is 0 Å². The van der Waals surface area contributed by atoms with Crippen molar-refractivity contribution in [1.29, 1.82) is 0 Å². The Balaban J connectivity index is 1.14. The van der Waals surface area contributed by atoms with Gasteiger partial charge in [-0.25, -0.2) is 4.98 Å². The van der Waals surface area contributed by atoms with Crippen LogP contribution in [0.3, 0.4) is 0 Å². The third kappa shape index (κ3) is 3.83. The van der Waals surface area contributed by atoms with Gasteiger partial charge in [-0.15, -0.1) is 11.3 Å². The number of carbonyl (C=O) groups is 1. The van der Waals surface area contributed by atoms with Crippen molar-refractivity contribution in [3.8, 4) is 10.6 Å². The van der Waals surface area contributed by atoms with Gasteiger partial charge in [-0.2, -0.15) is 5.10 Å². The normalized spacial score (nSPS) is 26.0. The summed E-state index contributed by atoms with van der Waals surface area (Å²) in [5.74, 6) is 1.46. The molecule has 9 heteroatoms. The molecule has 4 fully saturated rings. The smallest absolute Gasteiger partial charge is 0.320 e. The van der Waals surface area contributed by atoms with Crippen LogP contribution in [0.2, 0.25) is 0 Å². The first-order valence-electron chi connectivity index (χ1n) is 12.9. The molecule has 0 radical (unpaired) electrons. The fraction of sp³-hybridized carbons (Fsp3) is 0.393. The molecule has 4 aliphatic carbocycles. The van der Waals surface area contributed by atoms with Gasteiger partial charge < -0.3 is 5.32 Å². The van der Waals surface area contributed by atoms with Gasteiger partial charge in [0, 0.05) is 11.3 Å². The minimum Gasteiger partial charge on any atom is -0.320 e. The molecule has 8 rings (SSSR count). The summed E-state index contributed by atoms with van der Waals surface area (Å²) in [6, 6.07) is 13.6. The lowest BCUT2D eigenvalue weighted by atomic mass is 9.53. The molecule has 0 atom stereocenters. The van der Waals surface area contributed by atoms with Crippen molar-refractivity contribution in [2.24, 2.45) is 17.8 Å². The molecule has 4 aromatic rings. The van der Waals surface area contributed by atoms with Gasteiger partial charge in [0.15, 0.2) is 0 Å². The molecule has 188 valence electrons. The van der Waals surface area contributed by atoms with Crippen molar-refractivity contribution in [3.05, 3.63) is 70.0 Å². The van der Waals surface area contributed by atoms with Crippen LogP contribution in [0.1, 0.15) is 54.6 Å². The molecular formula is C28H27N5O3S. The number of nitro groups is 1. The number of hydrogen-bond donors (Lipinski definition) is 1. The first-order valence-corrected chi connectivity index (χ1v) is 13.7. The second-order valence-corrected chi connectivity index (χ2v) is 12.3. The van der Waals surface area contributed by atoms with Gasteiger partial charge in [0.05, 0.1) is 20.7 Å². The highest BCUT2D eigenvalue weighted by Gasteiger charge is 2.53. The summed E-state index contributed by atoms with van der Waals surface area (Å²) in [5.41, 5.74) is 3.14. The number of rotatable bonds is 5. The Labute approximate surface area is 217 Å². The van der Waals surface area contributed by atoms with E-state index in [2.05, 4.69) is 23.4 Å². The van der Waals surface area contributed by atoms with Crippen molar-refractivity contribution in [1.82, 2.24) is 14.8 Å². The van der Waals surface area contributed by atoms with E-state index in [0.717, 1.165) is 40.1 Å². The van der Waals surface area contributed by atoms with E-state index in [4.69, 9.17) is 4.98 Å². The number of hydrogen-bond acceptors (Lipinski definition) is 6. The number of nitrogens with zero attached hydrogens (tertiary/aromatic N) is 4. The molecule has 2 aromatic heterocycles. The van der Waals surface area contributed by atoms with Crippen LogP contribution in [0.4, 0.5) is 11.4 Å². The molecule has 0 saturated heterocycles. The molecule has 4 saturated carbocycles. The first kappa shape index (κ1) is 22.6. The largest absolute Gasteiger partial charge is 0.320 e. The number of thiazole rings is 1. The van der Waals surface area contributed by atoms with E-state index in [0.29, 0.717) is 23.4 Å². The third-order valence-electron chi connectivity index (χ3n) is 8.53. The quantitative estimate of drug-likeness (QED) is 0.241. The number of aryl methyl sites for hydroxylation is 1. The molecular weight excluding hydrogens is 486 g/mol. The minimum absolute atomic E-state index is 0.119. The van der Waals surface area contributed by atoms with Crippen molar-refractivity contribution in [3.63, 3.8) is 0 Å². The Morgan fingerprint density at radius 3 is 2.41 bits per heavy atom. The molecule has 4 bridgehead atoms. The van der Waals surface area contributed by atoms with Gasteiger partial charge >= 0.3 is 5.69 Å². The lowest BCUT2D eigenvalue weighted by Gasteiger charge is -2.56. The second-order valence-electron chi connectivity index (χ2n) is 11.2. The number of nitrogens with one attached hydrogen (secondary N) is 1. The Morgan fingerprint density at radius 2 is 1.76 bits per heavy atom. The summed E-state index contributed by atoms with van der Waals surface area (Å²) in [7, 11) is 0. The zero-order valence-electron chi connectivity index (χ0n) is 20.5. The Bertz CT molecular complexity index is 1520. The van der Waals surface area contributed by atoms with Crippen molar-refractivity contribution in [2.75, 3.05) is 5.32 Å². The lowest BCUT2D eigenvalue weighted by Crippen LogP contribution is -2.52. The maximum Gasteiger partial charge on any atom is 0.320 e. The molecule has 2 heterocycles. The summed E-state index contributed by atoms with van der Waals surface area (Å²) < 4.78 is 2.91. The molecule has 1 N–H and O–H groups in total. The lowest BCUT2D eigenvalue weighted by molar-refractivity contribution is -0.385. The Kier molecular flexibility index (Phi) is 5.01. The summed E-state index contributed by atoms with van der Waals surface area (Å²) in [5, 5.41) is 20.2. The zero-order chi connectivity index (χ0) is 25.3. The molecule has 0 unspecified atom stereocenters. The summed E-state index contributed by atoms with van der Waals surface area (Å²) in [6.07, 6.45) is 8.32. The average Bonchev–Trinajstić information content (AvgIpc) is 3.49. The van der Waals surface area contributed by atoms with Crippen LogP contribution < -0.4 is 5.32 Å². The molecule has 4 aliphatic rings. The number of anilines is 1. The molecule has 0 spiro atoms. The van der Waals surface area contributed by atoms with Crippen molar-refractivity contribution in [2.45, 2.75) is 51.0 Å². The van der Waals surface area contributed by atoms with Gasteiger partial charge in [0.1, 0.15) is 11.2 Å². The van der Waals surface area contributed by atoms with Crippen LogP contribution in [-0.4, -0.2) is 25.6 Å². The standard InChI is InChI=1S/C28H27N5O3S/c1-16-2-7-22-24(8-16)37-27(30-22)20-3-5-21(6-4-20)29-26(34)25-23(33(35)36)15-32(31-25)28-12-17-9-18(13-28)11-19(10-17)14-28/h2-8,15,17-19H,9-14H2,1H3,(H,29,34).